The van der Waals surface area contributed by atoms with Crippen LogP contribution < -0.4 is 4.90 Å². The molecule has 5 rings (SSSR count). The molecule has 1 aromatic rings. The van der Waals surface area contributed by atoms with Crippen LogP contribution in [0.25, 0.3) is 0 Å². The van der Waals surface area contributed by atoms with E-state index in [2.05, 4.69) is 46.6 Å². The Morgan fingerprint density at radius 3 is 2.17 bits per heavy atom. The van der Waals surface area contributed by atoms with Crippen LogP contribution in [0.4, 0.5) is 5.69 Å². The molecular formula is C28H44Cl2N4O. The number of halogens is 2. The van der Waals surface area contributed by atoms with E-state index in [1.165, 1.54) is 31.2 Å². The molecule has 35 heavy (non-hydrogen) atoms. The number of hydrogen-bond donors (Lipinski definition) is 1. The van der Waals surface area contributed by atoms with Gasteiger partial charge in [-0.05, 0) is 88.2 Å². The molecule has 1 unspecified atom stereocenters. The van der Waals surface area contributed by atoms with Gasteiger partial charge in [0.15, 0.2) is 0 Å². The van der Waals surface area contributed by atoms with Crippen molar-refractivity contribution >= 4 is 28.9 Å². The zero-order valence-corrected chi connectivity index (χ0v) is 23.4. The van der Waals surface area contributed by atoms with Gasteiger partial charge in [0.25, 0.3) is 0 Å². The maximum Gasteiger partial charge on any atom is 0.136 e. The van der Waals surface area contributed by atoms with Crippen molar-refractivity contribution in [2.24, 2.45) is 11.8 Å². The lowest BCUT2D eigenvalue weighted by Crippen LogP contribution is -2.55. The number of nitrogens with zero attached hydrogens (tertiary/aromatic N) is 4. The predicted octanol–water partition coefficient (Wildman–Crippen LogP) is 4.93. The van der Waals surface area contributed by atoms with Gasteiger partial charge in [0, 0.05) is 56.4 Å². The third-order valence-corrected chi connectivity index (χ3v) is 10.5. The summed E-state index contributed by atoms with van der Waals surface area (Å²) in [6.45, 7) is 13.1. The van der Waals surface area contributed by atoms with E-state index in [1.807, 2.05) is 6.07 Å². The molecule has 4 aliphatic rings. The van der Waals surface area contributed by atoms with Crippen LogP contribution in [0.3, 0.4) is 0 Å². The number of likely N-dealkylation sites (tertiary alicyclic amines) is 1. The Bertz CT molecular complexity index is 872. The maximum absolute atomic E-state index is 11.8. The summed E-state index contributed by atoms with van der Waals surface area (Å²) >= 11 is 13.0. The number of aliphatic hydroxyl groups is 1. The second kappa shape index (κ2) is 10.7. The molecule has 3 fully saturated rings. The first-order chi connectivity index (χ1) is 16.8. The van der Waals surface area contributed by atoms with Gasteiger partial charge in [-0.2, -0.15) is 0 Å². The molecule has 0 amide bonds. The molecule has 196 valence electrons. The second-order valence-electron chi connectivity index (χ2n) is 12.0. The molecule has 5 nitrogen and oxygen atoms in total. The van der Waals surface area contributed by atoms with Crippen molar-refractivity contribution in [3.63, 3.8) is 0 Å². The maximum atomic E-state index is 11.8. The van der Waals surface area contributed by atoms with Crippen LogP contribution in [-0.4, -0.2) is 91.5 Å². The lowest BCUT2D eigenvalue weighted by atomic mass is 9.72. The van der Waals surface area contributed by atoms with Crippen LogP contribution in [0, 0.1) is 11.8 Å². The molecule has 0 radical (unpaired) electrons. The van der Waals surface area contributed by atoms with Crippen LogP contribution >= 0.6 is 23.2 Å². The van der Waals surface area contributed by atoms with Crippen molar-refractivity contribution in [1.29, 1.82) is 0 Å². The molecule has 1 saturated carbocycles. The van der Waals surface area contributed by atoms with Gasteiger partial charge < -0.3 is 19.8 Å². The highest BCUT2D eigenvalue weighted by Gasteiger charge is 2.52. The first-order valence-electron chi connectivity index (χ1n) is 13.9. The molecule has 1 aromatic carbocycles. The molecule has 1 atom stereocenters. The quantitative estimate of drug-likeness (QED) is 0.592. The summed E-state index contributed by atoms with van der Waals surface area (Å²) < 4.78 is 0. The Balaban J connectivity index is 1.29. The monoisotopic (exact) mass is 522 g/mol. The zero-order chi connectivity index (χ0) is 24.7. The molecule has 0 bridgehead atoms. The highest BCUT2D eigenvalue weighted by Crippen LogP contribution is 2.52. The number of hydrogen-bond acceptors (Lipinski definition) is 5. The van der Waals surface area contributed by atoms with Gasteiger partial charge in [0.2, 0.25) is 0 Å². The average molecular weight is 524 g/mol. The topological polar surface area (TPSA) is 33.2 Å². The van der Waals surface area contributed by atoms with Crippen LogP contribution in [0.1, 0.15) is 57.9 Å². The number of anilines is 1. The minimum absolute atomic E-state index is 0.253. The molecule has 1 N–H and O–H groups in total. The van der Waals surface area contributed by atoms with E-state index in [0.29, 0.717) is 16.1 Å². The Morgan fingerprint density at radius 2 is 1.54 bits per heavy atom. The first-order valence-corrected chi connectivity index (χ1v) is 14.6. The van der Waals surface area contributed by atoms with Crippen molar-refractivity contribution in [2.75, 3.05) is 64.3 Å². The number of aliphatic hydroxyl groups excluding tert-OH is 1. The Morgan fingerprint density at radius 1 is 0.914 bits per heavy atom. The van der Waals surface area contributed by atoms with Gasteiger partial charge in [-0.1, -0.05) is 37.0 Å². The fourth-order valence-electron chi connectivity index (χ4n) is 7.25. The fraction of sp³-hybridized carbons (Fsp3) is 0.786. The van der Waals surface area contributed by atoms with Crippen LogP contribution in [0.15, 0.2) is 12.1 Å². The number of piperazine rings is 1. The second-order valence-corrected chi connectivity index (χ2v) is 12.8. The largest absolute Gasteiger partial charge is 0.373 e. The van der Waals surface area contributed by atoms with Crippen LogP contribution in [0.5, 0.6) is 0 Å². The highest BCUT2D eigenvalue weighted by atomic mass is 35.5. The van der Waals surface area contributed by atoms with Crippen molar-refractivity contribution in [1.82, 2.24) is 14.7 Å². The summed E-state index contributed by atoms with van der Waals surface area (Å²) in [5.41, 5.74) is 2.05. The summed E-state index contributed by atoms with van der Waals surface area (Å²) in [6, 6.07) is 4.77. The van der Waals surface area contributed by atoms with Crippen molar-refractivity contribution < 1.29 is 5.11 Å². The van der Waals surface area contributed by atoms with E-state index in [4.69, 9.17) is 23.2 Å². The minimum Gasteiger partial charge on any atom is -0.373 e. The zero-order valence-electron chi connectivity index (χ0n) is 21.9. The minimum atomic E-state index is -0.515. The summed E-state index contributed by atoms with van der Waals surface area (Å²) in [5.74, 6) is 1.70. The Hall–Kier alpha value is -0.560. The molecule has 2 saturated heterocycles. The summed E-state index contributed by atoms with van der Waals surface area (Å²) in [7, 11) is 2.19. The van der Waals surface area contributed by atoms with Gasteiger partial charge in [0.1, 0.15) is 6.23 Å². The molecule has 0 aromatic heterocycles. The number of piperidine rings is 1. The predicted molar refractivity (Wildman–Crippen MR) is 147 cm³/mol. The Labute approximate surface area is 222 Å². The SMILES string of the molecule is CC(C)C1CCC(N2CCC3(CC2)c2cc(Cl)c(Cl)cc2N(CCN2CCN(C)CC2)C3O)CC1. The first kappa shape index (κ1) is 26.1. The molecular weight excluding hydrogens is 479 g/mol. The van der Waals surface area contributed by atoms with E-state index in [9.17, 15) is 5.11 Å². The van der Waals surface area contributed by atoms with Gasteiger partial charge >= 0.3 is 0 Å². The standard InChI is InChI=1S/C28H44Cl2N4O/c1-20(2)21-4-6-22(7-5-21)33-10-8-28(9-11-33)23-18-24(29)25(30)19-26(23)34(27(28)35)17-16-32-14-12-31(3)13-15-32/h18-22,27,35H,4-17H2,1-3H3. The molecule has 1 spiro atoms. The van der Waals surface area contributed by atoms with Crippen molar-refractivity contribution in [2.45, 2.75) is 70.1 Å². The number of rotatable bonds is 5. The third kappa shape index (κ3) is 5.11. The lowest BCUT2D eigenvalue weighted by molar-refractivity contribution is 0.0161. The van der Waals surface area contributed by atoms with E-state index < -0.39 is 6.23 Å². The van der Waals surface area contributed by atoms with Gasteiger partial charge in [0.05, 0.1) is 10.0 Å². The third-order valence-electron chi connectivity index (χ3n) is 9.82. The smallest absolute Gasteiger partial charge is 0.136 e. The fourth-order valence-corrected chi connectivity index (χ4v) is 7.58. The molecule has 3 heterocycles. The van der Waals surface area contributed by atoms with Crippen molar-refractivity contribution in [3.05, 3.63) is 27.7 Å². The van der Waals surface area contributed by atoms with Crippen LogP contribution in [-0.2, 0) is 5.41 Å². The van der Waals surface area contributed by atoms with E-state index in [1.54, 1.807) is 0 Å². The van der Waals surface area contributed by atoms with Gasteiger partial charge in [-0.3, -0.25) is 4.90 Å². The number of benzene rings is 1. The molecule has 3 aliphatic heterocycles. The molecule has 1 aliphatic carbocycles. The Kier molecular flexibility index (Phi) is 7.94. The summed E-state index contributed by atoms with van der Waals surface area (Å²) in [6.07, 6.45) is 6.83. The van der Waals surface area contributed by atoms with E-state index in [0.717, 1.165) is 82.7 Å². The van der Waals surface area contributed by atoms with Gasteiger partial charge in [-0.15, -0.1) is 0 Å². The van der Waals surface area contributed by atoms with Gasteiger partial charge in [-0.25, -0.2) is 0 Å². The summed E-state index contributed by atoms with van der Waals surface area (Å²) in [4.78, 5) is 9.85. The van der Waals surface area contributed by atoms with E-state index in [-0.39, 0.29) is 5.41 Å². The number of likely N-dealkylation sites (N-methyl/N-ethyl adjacent to an activating group) is 1. The summed E-state index contributed by atoms with van der Waals surface area (Å²) in [5, 5.41) is 13.0. The van der Waals surface area contributed by atoms with E-state index >= 15 is 0 Å². The average Bonchev–Trinajstić information content (AvgIpc) is 3.06. The van der Waals surface area contributed by atoms with Crippen LogP contribution in [0.2, 0.25) is 10.0 Å². The number of fused-ring (bicyclic) bond motifs is 2. The lowest BCUT2D eigenvalue weighted by Gasteiger charge is -2.47. The van der Waals surface area contributed by atoms with Crippen molar-refractivity contribution in [3.8, 4) is 0 Å². The normalized spacial score (nSPS) is 30.4. The molecule has 7 heteroatoms. The highest BCUT2D eigenvalue weighted by molar-refractivity contribution is 6.42.